The molecule has 7 heteroatoms. The normalized spacial score (nSPS) is 19.2. The zero-order valence-electron chi connectivity index (χ0n) is 13.2. The fraction of sp³-hybridized carbons (Fsp3) is 0.294. The molecule has 0 aromatic heterocycles. The van der Waals surface area contributed by atoms with E-state index < -0.39 is 10.0 Å². The molecule has 5 nitrogen and oxygen atoms in total. The van der Waals surface area contributed by atoms with E-state index in [9.17, 15) is 8.42 Å². The van der Waals surface area contributed by atoms with Gasteiger partial charge in [0.05, 0.1) is 19.8 Å². The van der Waals surface area contributed by atoms with Crippen molar-refractivity contribution >= 4 is 26.0 Å². The molecule has 1 unspecified atom stereocenters. The van der Waals surface area contributed by atoms with Gasteiger partial charge in [-0.1, -0.05) is 46.3 Å². The van der Waals surface area contributed by atoms with Crippen molar-refractivity contribution in [1.82, 2.24) is 4.31 Å². The number of hydrogen-bond acceptors (Lipinski definition) is 4. The summed E-state index contributed by atoms with van der Waals surface area (Å²) >= 11 is 3.33. The molecule has 0 saturated carbocycles. The number of halogens is 1. The predicted octanol–water partition coefficient (Wildman–Crippen LogP) is 3.22. The van der Waals surface area contributed by atoms with Crippen molar-refractivity contribution in [3.05, 3.63) is 58.6 Å². The van der Waals surface area contributed by atoms with E-state index in [1.165, 1.54) is 11.4 Å². The lowest BCUT2D eigenvalue weighted by Crippen LogP contribution is -2.42. The van der Waals surface area contributed by atoms with E-state index in [2.05, 4.69) is 15.9 Å². The minimum absolute atomic E-state index is 0.160. The van der Waals surface area contributed by atoms with Crippen LogP contribution in [0, 0.1) is 0 Å². The molecular formula is C17H18BrNO4S. The van der Waals surface area contributed by atoms with Crippen LogP contribution in [-0.2, 0) is 14.8 Å². The Kier molecular flexibility index (Phi) is 5.24. The molecule has 0 spiro atoms. The first-order chi connectivity index (χ1) is 11.5. The van der Waals surface area contributed by atoms with E-state index in [1.807, 2.05) is 30.3 Å². The van der Waals surface area contributed by atoms with Crippen LogP contribution in [0.1, 0.15) is 11.7 Å². The Labute approximate surface area is 150 Å². The average molecular weight is 412 g/mol. The molecule has 1 aliphatic heterocycles. The second-order valence-corrected chi connectivity index (χ2v) is 8.25. The predicted molar refractivity (Wildman–Crippen MR) is 94.6 cm³/mol. The Balaban J connectivity index is 1.91. The van der Waals surface area contributed by atoms with Crippen LogP contribution in [0.4, 0.5) is 0 Å². The van der Waals surface area contributed by atoms with Gasteiger partial charge in [0.15, 0.2) is 0 Å². The Hall–Kier alpha value is -1.41. The molecule has 1 atom stereocenters. The highest BCUT2D eigenvalue weighted by molar-refractivity contribution is 9.10. The van der Waals surface area contributed by atoms with E-state index in [0.717, 1.165) is 5.56 Å². The van der Waals surface area contributed by atoms with Gasteiger partial charge in [0.1, 0.15) is 10.6 Å². The Morgan fingerprint density at radius 3 is 2.67 bits per heavy atom. The second kappa shape index (κ2) is 7.23. The highest BCUT2D eigenvalue weighted by Crippen LogP contribution is 2.32. The van der Waals surface area contributed by atoms with Gasteiger partial charge < -0.3 is 9.47 Å². The molecule has 24 heavy (non-hydrogen) atoms. The van der Waals surface area contributed by atoms with Crippen molar-refractivity contribution in [2.75, 3.05) is 26.8 Å². The van der Waals surface area contributed by atoms with Crippen LogP contribution in [0.15, 0.2) is 57.9 Å². The number of hydrogen-bond donors (Lipinski definition) is 0. The minimum Gasteiger partial charge on any atom is -0.495 e. The maximum absolute atomic E-state index is 13.1. The molecule has 0 N–H and O–H groups in total. The molecule has 0 radical (unpaired) electrons. The van der Waals surface area contributed by atoms with Crippen molar-refractivity contribution in [3.63, 3.8) is 0 Å². The number of benzene rings is 2. The first kappa shape index (κ1) is 17.4. The van der Waals surface area contributed by atoms with Gasteiger partial charge in [-0.25, -0.2) is 8.42 Å². The van der Waals surface area contributed by atoms with Crippen molar-refractivity contribution in [1.29, 1.82) is 0 Å². The van der Waals surface area contributed by atoms with Crippen molar-refractivity contribution < 1.29 is 17.9 Å². The Morgan fingerprint density at radius 1 is 1.21 bits per heavy atom. The summed E-state index contributed by atoms with van der Waals surface area (Å²) in [5.41, 5.74) is 0.971. The summed E-state index contributed by atoms with van der Waals surface area (Å²) in [6.07, 6.45) is -0.270. The third-order valence-electron chi connectivity index (χ3n) is 3.94. The first-order valence-corrected chi connectivity index (χ1v) is 9.76. The molecule has 1 saturated heterocycles. The van der Waals surface area contributed by atoms with E-state index in [-0.39, 0.29) is 17.5 Å². The zero-order valence-corrected chi connectivity index (χ0v) is 15.6. The van der Waals surface area contributed by atoms with Crippen LogP contribution in [0.5, 0.6) is 5.75 Å². The van der Waals surface area contributed by atoms with Gasteiger partial charge in [-0.3, -0.25) is 0 Å². The number of ether oxygens (including phenoxy) is 2. The fourth-order valence-corrected chi connectivity index (χ4v) is 4.82. The summed E-state index contributed by atoms with van der Waals surface area (Å²) < 4.78 is 39.3. The van der Waals surface area contributed by atoms with Crippen LogP contribution in [-0.4, -0.2) is 39.5 Å². The lowest BCUT2D eigenvalue weighted by molar-refractivity contribution is -0.00259. The van der Waals surface area contributed by atoms with E-state index in [0.29, 0.717) is 23.4 Å². The molecular weight excluding hydrogens is 394 g/mol. The summed E-state index contributed by atoms with van der Waals surface area (Å²) in [5.74, 6) is 0.334. The first-order valence-electron chi connectivity index (χ1n) is 7.52. The molecule has 1 heterocycles. The molecule has 128 valence electrons. The third-order valence-corrected chi connectivity index (χ3v) is 6.32. The maximum atomic E-state index is 13.1. The topological polar surface area (TPSA) is 55.8 Å². The van der Waals surface area contributed by atoms with Crippen LogP contribution >= 0.6 is 15.9 Å². The summed E-state index contributed by atoms with van der Waals surface area (Å²) in [6.45, 7) is 0.957. The van der Waals surface area contributed by atoms with Gasteiger partial charge in [0, 0.05) is 17.6 Å². The van der Waals surface area contributed by atoms with E-state index in [1.54, 1.807) is 18.2 Å². The van der Waals surface area contributed by atoms with Crippen molar-refractivity contribution in [3.8, 4) is 5.75 Å². The van der Waals surface area contributed by atoms with Gasteiger partial charge >= 0.3 is 0 Å². The van der Waals surface area contributed by atoms with Crippen LogP contribution in [0.2, 0.25) is 0 Å². The Bertz CT molecular complexity index is 811. The number of morpholine rings is 1. The summed E-state index contributed by atoms with van der Waals surface area (Å²) in [5, 5.41) is 0. The summed E-state index contributed by atoms with van der Waals surface area (Å²) in [7, 11) is -2.20. The largest absolute Gasteiger partial charge is 0.495 e. The van der Waals surface area contributed by atoms with Crippen molar-refractivity contribution in [2.24, 2.45) is 0 Å². The van der Waals surface area contributed by atoms with E-state index in [4.69, 9.17) is 9.47 Å². The molecule has 0 aliphatic carbocycles. The number of sulfonamides is 1. The highest BCUT2D eigenvalue weighted by atomic mass is 79.9. The lowest BCUT2D eigenvalue weighted by Gasteiger charge is -2.32. The zero-order chi connectivity index (χ0) is 17.2. The van der Waals surface area contributed by atoms with Gasteiger partial charge in [-0.2, -0.15) is 4.31 Å². The van der Waals surface area contributed by atoms with Gasteiger partial charge in [0.25, 0.3) is 0 Å². The standard InChI is InChI=1S/C17H18BrNO4S/c1-22-15-8-7-14(18)11-17(15)24(20,21)19-9-10-23-16(12-19)13-5-3-2-4-6-13/h2-8,11,16H,9-10,12H2,1H3. The fourth-order valence-electron chi connectivity index (χ4n) is 2.70. The molecule has 2 aromatic carbocycles. The average Bonchev–Trinajstić information content (AvgIpc) is 2.62. The summed E-state index contributed by atoms with van der Waals surface area (Å²) in [4.78, 5) is 0.160. The van der Waals surface area contributed by atoms with Crippen LogP contribution < -0.4 is 4.74 Å². The lowest BCUT2D eigenvalue weighted by atomic mass is 10.1. The second-order valence-electron chi connectivity index (χ2n) is 5.43. The van der Waals surface area contributed by atoms with E-state index >= 15 is 0 Å². The maximum Gasteiger partial charge on any atom is 0.246 e. The molecule has 0 bridgehead atoms. The van der Waals surface area contributed by atoms with Gasteiger partial charge in [-0.15, -0.1) is 0 Å². The molecule has 2 aromatic rings. The molecule has 0 amide bonds. The van der Waals surface area contributed by atoms with Gasteiger partial charge in [0.2, 0.25) is 10.0 Å². The SMILES string of the molecule is COc1ccc(Br)cc1S(=O)(=O)N1CCOC(c2ccccc2)C1. The number of rotatable bonds is 4. The summed E-state index contributed by atoms with van der Waals surface area (Å²) in [6, 6.07) is 14.6. The minimum atomic E-state index is -3.67. The van der Waals surface area contributed by atoms with Crippen molar-refractivity contribution in [2.45, 2.75) is 11.0 Å². The van der Waals surface area contributed by atoms with Gasteiger partial charge in [-0.05, 0) is 23.8 Å². The molecule has 3 rings (SSSR count). The Morgan fingerprint density at radius 2 is 1.96 bits per heavy atom. The number of nitrogens with zero attached hydrogens (tertiary/aromatic N) is 1. The smallest absolute Gasteiger partial charge is 0.246 e. The highest BCUT2D eigenvalue weighted by Gasteiger charge is 2.33. The number of methoxy groups -OCH3 is 1. The monoisotopic (exact) mass is 411 g/mol. The quantitative estimate of drug-likeness (QED) is 0.774. The van der Waals surface area contributed by atoms with Crippen LogP contribution in [0.25, 0.3) is 0 Å². The molecule has 1 fully saturated rings. The third kappa shape index (κ3) is 3.49. The van der Waals surface area contributed by atoms with Crippen LogP contribution in [0.3, 0.4) is 0 Å². The molecule has 1 aliphatic rings.